The molecule has 6 nitrogen and oxygen atoms in total. The minimum absolute atomic E-state index is 0. The Morgan fingerprint density at radius 1 is 1.33 bits per heavy atom. The van der Waals surface area contributed by atoms with E-state index in [2.05, 4.69) is 22.3 Å². The van der Waals surface area contributed by atoms with Crippen LogP contribution in [-0.4, -0.2) is 33.5 Å². The first-order chi connectivity index (χ1) is 12.3. The minimum atomic E-state index is -3.91. The third-order valence-corrected chi connectivity index (χ3v) is 6.59. The van der Waals surface area contributed by atoms with Gasteiger partial charge in [0, 0.05) is 18.2 Å². The van der Waals surface area contributed by atoms with E-state index in [-0.39, 0.29) is 30.3 Å². The number of rotatable bonds is 7. The molecule has 9 heteroatoms. The lowest BCUT2D eigenvalue weighted by Gasteiger charge is -2.28. The average Bonchev–Trinajstić information content (AvgIpc) is 3.40. The largest absolute Gasteiger partial charge is 0.326 e. The molecule has 27 heavy (non-hydrogen) atoms. The van der Waals surface area contributed by atoms with Crippen molar-refractivity contribution in [2.75, 3.05) is 18.4 Å². The van der Waals surface area contributed by atoms with E-state index < -0.39 is 20.7 Å². The zero-order chi connectivity index (χ0) is 18.7. The molecule has 0 aromatic heterocycles. The molecule has 1 amide bonds. The predicted octanol–water partition coefficient (Wildman–Crippen LogP) is 2.65. The first-order valence-electron chi connectivity index (χ1n) is 9.17. The number of sulfonamides is 1. The summed E-state index contributed by atoms with van der Waals surface area (Å²) in [6.07, 6.45) is 4.11. The summed E-state index contributed by atoms with van der Waals surface area (Å²) in [5.41, 5.74) is 0.293. The number of hydrogen-bond donors (Lipinski definition) is 3. The molecule has 1 saturated carbocycles. The van der Waals surface area contributed by atoms with Gasteiger partial charge in [0.2, 0.25) is 15.9 Å². The third-order valence-electron chi connectivity index (χ3n) is 5.05. The maximum atomic E-state index is 14.0. The van der Waals surface area contributed by atoms with Gasteiger partial charge in [-0.25, -0.2) is 17.5 Å². The molecular weight excluding hydrogens is 393 g/mol. The molecule has 0 radical (unpaired) electrons. The topological polar surface area (TPSA) is 87.3 Å². The summed E-state index contributed by atoms with van der Waals surface area (Å²) >= 11 is 0. The molecule has 0 bridgehead atoms. The predicted molar refractivity (Wildman–Crippen MR) is 105 cm³/mol. The van der Waals surface area contributed by atoms with Crippen LogP contribution in [0.5, 0.6) is 0 Å². The van der Waals surface area contributed by atoms with Gasteiger partial charge in [0.25, 0.3) is 0 Å². The highest BCUT2D eigenvalue weighted by Crippen LogP contribution is 2.26. The maximum absolute atomic E-state index is 14.0. The second-order valence-electron chi connectivity index (χ2n) is 7.38. The standard InChI is InChI=1S/C18H26FN3O3S.ClH/c1-12(13-3-2-8-20-11-13)9-18(23)21-15-6-7-16(19)17(10-15)26(24,25)22-14-4-5-14;/h6-7,10,12-14,20,22H,2-5,8-9,11H2,1H3,(H,21,23);1H. The summed E-state index contributed by atoms with van der Waals surface area (Å²) < 4.78 is 41.0. The Morgan fingerprint density at radius 3 is 2.70 bits per heavy atom. The van der Waals surface area contributed by atoms with Crippen LogP contribution in [0, 0.1) is 17.7 Å². The second-order valence-corrected chi connectivity index (χ2v) is 9.06. The molecule has 1 aliphatic carbocycles. The quantitative estimate of drug-likeness (QED) is 0.634. The molecule has 1 aliphatic heterocycles. The monoisotopic (exact) mass is 419 g/mol. The lowest BCUT2D eigenvalue weighted by atomic mass is 9.85. The van der Waals surface area contributed by atoms with Gasteiger partial charge in [-0.1, -0.05) is 6.92 Å². The van der Waals surface area contributed by atoms with Gasteiger partial charge in [0.15, 0.2) is 0 Å². The van der Waals surface area contributed by atoms with Crippen molar-refractivity contribution in [1.29, 1.82) is 0 Å². The Kier molecular flexibility index (Phi) is 7.62. The lowest BCUT2D eigenvalue weighted by molar-refractivity contribution is -0.117. The SMILES string of the molecule is CC(CC(=O)Nc1ccc(F)c(S(=O)(=O)NC2CC2)c1)C1CCCNC1.Cl. The fourth-order valence-corrected chi connectivity index (χ4v) is 4.72. The third kappa shape index (κ3) is 6.14. The molecular formula is C18H27ClFN3O3S. The van der Waals surface area contributed by atoms with Crippen LogP contribution in [0.15, 0.2) is 23.1 Å². The van der Waals surface area contributed by atoms with Crippen LogP contribution >= 0.6 is 12.4 Å². The smallest absolute Gasteiger partial charge is 0.243 e. The number of halogens is 2. The van der Waals surface area contributed by atoms with Gasteiger partial charge >= 0.3 is 0 Å². The molecule has 2 unspecified atom stereocenters. The zero-order valence-corrected chi connectivity index (χ0v) is 17.0. The van der Waals surface area contributed by atoms with E-state index in [1.54, 1.807) is 0 Å². The second kappa shape index (κ2) is 9.32. The highest BCUT2D eigenvalue weighted by molar-refractivity contribution is 7.89. The van der Waals surface area contributed by atoms with Crippen molar-refractivity contribution in [3.63, 3.8) is 0 Å². The van der Waals surface area contributed by atoms with Gasteiger partial charge in [-0.3, -0.25) is 4.79 Å². The van der Waals surface area contributed by atoms with Crippen LogP contribution in [0.4, 0.5) is 10.1 Å². The van der Waals surface area contributed by atoms with Crippen LogP contribution in [0.25, 0.3) is 0 Å². The molecule has 2 atom stereocenters. The molecule has 0 spiro atoms. The molecule has 1 heterocycles. The first-order valence-corrected chi connectivity index (χ1v) is 10.7. The van der Waals surface area contributed by atoms with Crippen molar-refractivity contribution in [2.45, 2.75) is 50.0 Å². The summed E-state index contributed by atoms with van der Waals surface area (Å²) in [7, 11) is -3.91. The number of amides is 1. The fraction of sp³-hybridized carbons (Fsp3) is 0.611. The number of piperidine rings is 1. The average molecular weight is 420 g/mol. The van der Waals surface area contributed by atoms with Crippen LogP contribution in [-0.2, 0) is 14.8 Å². The van der Waals surface area contributed by atoms with Crippen molar-refractivity contribution in [3.8, 4) is 0 Å². The van der Waals surface area contributed by atoms with Crippen molar-refractivity contribution in [3.05, 3.63) is 24.0 Å². The number of nitrogens with one attached hydrogen (secondary N) is 3. The molecule has 1 saturated heterocycles. The van der Waals surface area contributed by atoms with Gasteiger partial charge in [-0.2, -0.15) is 0 Å². The van der Waals surface area contributed by atoms with E-state index in [1.807, 2.05) is 0 Å². The number of benzene rings is 1. The zero-order valence-electron chi connectivity index (χ0n) is 15.3. The van der Waals surface area contributed by atoms with Crippen LogP contribution in [0.1, 0.15) is 39.0 Å². The lowest BCUT2D eigenvalue weighted by Crippen LogP contribution is -2.34. The number of hydrogen-bond acceptors (Lipinski definition) is 4. The van der Waals surface area contributed by atoms with Gasteiger partial charge in [-0.05, 0) is 68.8 Å². The Labute approximate surface area is 166 Å². The molecule has 2 aliphatic rings. The van der Waals surface area contributed by atoms with E-state index >= 15 is 0 Å². The van der Waals surface area contributed by atoms with E-state index in [1.165, 1.54) is 12.1 Å². The van der Waals surface area contributed by atoms with Crippen LogP contribution in [0.3, 0.4) is 0 Å². The van der Waals surface area contributed by atoms with E-state index in [0.717, 1.165) is 44.8 Å². The van der Waals surface area contributed by atoms with E-state index in [0.29, 0.717) is 18.0 Å². The molecule has 1 aromatic carbocycles. The number of carbonyl (C=O) groups excluding carboxylic acids is 1. The highest BCUT2D eigenvalue weighted by Gasteiger charge is 2.30. The molecule has 152 valence electrons. The maximum Gasteiger partial charge on any atom is 0.243 e. The summed E-state index contributed by atoms with van der Waals surface area (Å²) in [6, 6.07) is 3.54. The molecule has 3 rings (SSSR count). The van der Waals surface area contributed by atoms with Gasteiger partial charge < -0.3 is 10.6 Å². The molecule has 3 N–H and O–H groups in total. The Morgan fingerprint density at radius 2 is 2.07 bits per heavy atom. The summed E-state index contributed by atoms with van der Waals surface area (Å²) in [5, 5.41) is 6.04. The van der Waals surface area contributed by atoms with Crippen molar-refractivity contribution < 1.29 is 17.6 Å². The van der Waals surface area contributed by atoms with Gasteiger partial charge in [-0.15, -0.1) is 12.4 Å². The highest BCUT2D eigenvalue weighted by atomic mass is 35.5. The molecule has 2 fully saturated rings. The summed E-state index contributed by atoms with van der Waals surface area (Å²) in [6.45, 7) is 3.99. The van der Waals surface area contributed by atoms with E-state index in [9.17, 15) is 17.6 Å². The Bertz CT molecular complexity index is 765. The van der Waals surface area contributed by atoms with Crippen molar-refractivity contribution >= 4 is 34.0 Å². The Balaban J connectivity index is 0.00000261. The van der Waals surface area contributed by atoms with Crippen molar-refractivity contribution in [1.82, 2.24) is 10.0 Å². The fourth-order valence-electron chi connectivity index (χ4n) is 3.31. The van der Waals surface area contributed by atoms with E-state index in [4.69, 9.17) is 0 Å². The molecule has 1 aromatic rings. The first kappa shape index (κ1) is 22.1. The van der Waals surface area contributed by atoms with Gasteiger partial charge in [0.05, 0.1) is 0 Å². The number of anilines is 1. The summed E-state index contributed by atoms with van der Waals surface area (Å²) in [4.78, 5) is 11.9. The number of carbonyl (C=O) groups is 1. The Hall–Kier alpha value is -1.22. The van der Waals surface area contributed by atoms with Gasteiger partial charge in [0.1, 0.15) is 10.7 Å². The van der Waals surface area contributed by atoms with Crippen LogP contribution < -0.4 is 15.4 Å². The minimum Gasteiger partial charge on any atom is -0.326 e. The normalized spacial score (nSPS) is 21.2. The van der Waals surface area contributed by atoms with Crippen LogP contribution in [0.2, 0.25) is 0 Å². The summed E-state index contributed by atoms with van der Waals surface area (Å²) in [5.74, 6) is -0.324. The van der Waals surface area contributed by atoms with Crippen molar-refractivity contribution in [2.24, 2.45) is 11.8 Å².